The Morgan fingerprint density at radius 2 is 2.55 bits per heavy atom. The Bertz CT molecular complexity index is 177. The Hall–Kier alpha value is -1.50. The quantitative estimate of drug-likeness (QED) is 0.262. The van der Waals surface area contributed by atoms with E-state index in [4.69, 9.17) is 5.26 Å². The summed E-state index contributed by atoms with van der Waals surface area (Å²) in [6.45, 7) is 6.22. The van der Waals surface area contributed by atoms with E-state index in [9.17, 15) is 0 Å². The summed E-state index contributed by atoms with van der Waals surface area (Å²) < 4.78 is 0. The molecule has 0 fully saturated rings. The lowest BCUT2D eigenvalue weighted by Crippen LogP contribution is -2.28. The maximum atomic E-state index is 8.24. The average molecular weight is 152 g/mol. The smallest absolute Gasteiger partial charge is 0.124 e. The highest BCUT2D eigenvalue weighted by Crippen LogP contribution is 1.74. The van der Waals surface area contributed by atoms with E-state index in [0.29, 0.717) is 0 Å². The molecule has 0 rings (SSSR count). The van der Waals surface area contributed by atoms with Gasteiger partial charge in [-0.15, -0.1) is 0 Å². The van der Waals surface area contributed by atoms with Gasteiger partial charge >= 0.3 is 0 Å². The largest absolute Gasteiger partial charge is 0.291 e. The molecule has 0 aliphatic rings. The Balaban J connectivity index is 3.28. The van der Waals surface area contributed by atoms with Crippen LogP contribution in [0.2, 0.25) is 0 Å². The summed E-state index contributed by atoms with van der Waals surface area (Å²) in [5.74, 6) is 0. The maximum Gasteiger partial charge on any atom is 0.124 e. The fourth-order valence-electron chi connectivity index (χ4n) is 0.387. The molecule has 0 aromatic rings. The molecule has 0 bridgehead atoms. The van der Waals surface area contributed by atoms with Gasteiger partial charge in [-0.3, -0.25) is 15.8 Å². The number of nitrogens with one attached hydrogen (secondary N) is 2. The molecule has 0 saturated carbocycles. The Labute approximate surface area is 66.6 Å². The summed E-state index contributed by atoms with van der Waals surface area (Å²) in [6.07, 6.45) is 2.52. The molecule has 2 N–H and O–H groups in total. The lowest BCUT2D eigenvalue weighted by molar-refractivity contribution is 0.796. The molecule has 0 heterocycles. The molecule has 0 aromatic carbocycles. The summed E-state index contributed by atoms with van der Waals surface area (Å²) in [7, 11) is 0. The Morgan fingerprint density at radius 3 is 3.09 bits per heavy atom. The number of aliphatic imine (C=N–C) groups is 1. The number of allylic oxidation sites excluding steroid dienone is 1. The second-order valence-corrected chi connectivity index (χ2v) is 1.89. The van der Waals surface area contributed by atoms with Crippen LogP contribution < -0.4 is 10.9 Å². The molecular weight excluding hydrogens is 140 g/mol. The van der Waals surface area contributed by atoms with Crippen molar-refractivity contribution in [3.8, 4) is 6.07 Å². The van der Waals surface area contributed by atoms with Gasteiger partial charge in [-0.1, -0.05) is 13.5 Å². The van der Waals surface area contributed by atoms with Crippen LogP contribution in [0.3, 0.4) is 0 Å². The van der Waals surface area contributed by atoms with E-state index < -0.39 is 0 Å². The van der Waals surface area contributed by atoms with Crippen LogP contribution in [0.25, 0.3) is 0 Å². The highest BCUT2D eigenvalue weighted by Gasteiger charge is 1.81. The Kier molecular flexibility index (Phi) is 5.72. The molecule has 0 aliphatic heterocycles. The lowest BCUT2D eigenvalue weighted by Gasteiger charge is -1.99. The van der Waals surface area contributed by atoms with E-state index in [1.165, 1.54) is 6.34 Å². The minimum Gasteiger partial charge on any atom is -0.291 e. The normalized spacial score (nSPS) is 9.09. The highest BCUT2D eigenvalue weighted by atomic mass is 15.4. The zero-order valence-electron chi connectivity index (χ0n) is 6.59. The number of hydrogen-bond donors (Lipinski definition) is 2. The van der Waals surface area contributed by atoms with Crippen molar-refractivity contribution in [1.82, 2.24) is 10.9 Å². The molecule has 0 radical (unpaired) electrons. The van der Waals surface area contributed by atoms with Crippen LogP contribution in [0.1, 0.15) is 13.3 Å². The van der Waals surface area contributed by atoms with E-state index in [1.54, 1.807) is 0 Å². The van der Waals surface area contributed by atoms with Gasteiger partial charge in [0.2, 0.25) is 0 Å². The number of nitriles is 1. The minimum atomic E-state index is 0.271. The van der Waals surface area contributed by atoms with Crippen molar-refractivity contribution in [2.75, 3.05) is 6.54 Å². The van der Waals surface area contributed by atoms with Gasteiger partial charge in [0.1, 0.15) is 18.1 Å². The van der Waals surface area contributed by atoms with Gasteiger partial charge < -0.3 is 0 Å². The average Bonchev–Trinajstić information content (AvgIpc) is 2.04. The van der Waals surface area contributed by atoms with Crippen molar-refractivity contribution in [3.63, 3.8) is 0 Å². The van der Waals surface area contributed by atoms with Gasteiger partial charge in [-0.05, 0) is 6.42 Å². The van der Waals surface area contributed by atoms with Crippen molar-refractivity contribution >= 4 is 6.34 Å². The van der Waals surface area contributed by atoms with E-state index in [-0.39, 0.29) is 5.70 Å². The first-order valence-corrected chi connectivity index (χ1v) is 3.40. The van der Waals surface area contributed by atoms with Crippen LogP contribution in [0, 0.1) is 11.3 Å². The summed E-state index contributed by atoms with van der Waals surface area (Å²) in [6, 6.07) is 1.83. The van der Waals surface area contributed by atoms with Crippen molar-refractivity contribution in [1.29, 1.82) is 5.26 Å². The second-order valence-electron chi connectivity index (χ2n) is 1.89. The molecule has 0 spiro atoms. The number of hydrogen-bond acceptors (Lipinski definition) is 3. The fraction of sp³-hybridized carbons (Fsp3) is 0.429. The molecule has 0 aliphatic carbocycles. The third-order valence-electron chi connectivity index (χ3n) is 0.867. The van der Waals surface area contributed by atoms with Crippen molar-refractivity contribution in [2.45, 2.75) is 13.3 Å². The highest BCUT2D eigenvalue weighted by molar-refractivity contribution is 5.53. The van der Waals surface area contributed by atoms with Crippen LogP contribution in [-0.4, -0.2) is 12.9 Å². The van der Waals surface area contributed by atoms with Crippen LogP contribution in [0.15, 0.2) is 17.3 Å². The molecule has 0 amide bonds. The number of rotatable bonds is 5. The maximum absolute atomic E-state index is 8.24. The summed E-state index contributed by atoms with van der Waals surface area (Å²) in [4.78, 5) is 3.95. The number of hydrazine groups is 1. The van der Waals surface area contributed by atoms with Gasteiger partial charge in [0.05, 0.1) is 0 Å². The van der Waals surface area contributed by atoms with Crippen LogP contribution >= 0.6 is 0 Å². The summed E-state index contributed by atoms with van der Waals surface area (Å²) >= 11 is 0. The van der Waals surface area contributed by atoms with Gasteiger partial charge in [-0.2, -0.15) is 5.26 Å². The first kappa shape index (κ1) is 9.50. The van der Waals surface area contributed by atoms with E-state index in [1.807, 2.05) is 13.0 Å². The van der Waals surface area contributed by atoms with Crippen LogP contribution in [0.4, 0.5) is 0 Å². The standard InChI is InChI=1S/C7H12N4/c1-3-4-9-6-10-11-7(2)5-8/h6,11H,2-4H2,1H3,(H,9,10). The first-order chi connectivity index (χ1) is 5.31. The zero-order valence-corrected chi connectivity index (χ0v) is 6.59. The zero-order chi connectivity index (χ0) is 8.53. The topological polar surface area (TPSA) is 60.2 Å². The predicted octanol–water partition coefficient (Wildman–Crippen LogP) is 0.556. The van der Waals surface area contributed by atoms with Crippen LogP contribution in [-0.2, 0) is 0 Å². The molecule has 60 valence electrons. The van der Waals surface area contributed by atoms with Crippen LogP contribution in [0.5, 0.6) is 0 Å². The summed E-state index contributed by atoms with van der Waals surface area (Å²) in [5.41, 5.74) is 5.41. The van der Waals surface area contributed by atoms with E-state index in [2.05, 4.69) is 22.4 Å². The SMILES string of the molecule is C=C(C#N)NNC=NCCC. The molecule has 11 heavy (non-hydrogen) atoms. The fourth-order valence-corrected chi connectivity index (χ4v) is 0.387. The van der Waals surface area contributed by atoms with E-state index in [0.717, 1.165) is 13.0 Å². The predicted molar refractivity (Wildman–Crippen MR) is 44.7 cm³/mol. The first-order valence-electron chi connectivity index (χ1n) is 3.40. The molecule has 0 atom stereocenters. The molecule has 0 unspecified atom stereocenters. The molecule has 0 aromatic heterocycles. The third kappa shape index (κ3) is 6.38. The number of nitrogens with zero attached hydrogens (tertiary/aromatic N) is 2. The molecular formula is C7H12N4. The van der Waals surface area contributed by atoms with Gasteiger partial charge in [0.25, 0.3) is 0 Å². The minimum absolute atomic E-state index is 0.271. The lowest BCUT2D eigenvalue weighted by atomic mass is 10.5. The second kappa shape index (κ2) is 6.62. The van der Waals surface area contributed by atoms with Crippen molar-refractivity contribution in [2.24, 2.45) is 4.99 Å². The molecule has 4 heteroatoms. The van der Waals surface area contributed by atoms with Gasteiger partial charge in [0, 0.05) is 6.54 Å². The van der Waals surface area contributed by atoms with E-state index >= 15 is 0 Å². The van der Waals surface area contributed by atoms with Gasteiger partial charge in [0.15, 0.2) is 0 Å². The molecule has 4 nitrogen and oxygen atoms in total. The van der Waals surface area contributed by atoms with Gasteiger partial charge in [-0.25, -0.2) is 0 Å². The van der Waals surface area contributed by atoms with Crippen molar-refractivity contribution in [3.05, 3.63) is 12.3 Å². The summed E-state index contributed by atoms with van der Waals surface area (Å²) in [5, 5.41) is 8.24. The van der Waals surface area contributed by atoms with Crippen molar-refractivity contribution < 1.29 is 0 Å². The third-order valence-corrected chi connectivity index (χ3v) is 0.867. The molecule has 0 saturated heterocycles. The monoisotopic (exact) mass is 152 g/mol. The Morgan fingerprint density at radius 1 is 1.82 bits per heavy atom.